The first-order valence-electron chi connectivity index (χ1n) is 7.95. The summed E-state index contributed by atoms with van der Waals surface area (Å²) in [6, 6.07) is 10.6. The van der Waals surface area contributed by atoms with E-state index >= 15 is 0 Å². The average Bonchev–Trinajstić information content (AvgIpc) is 2.97. The monoisotopic (exact) mass is 382 g/mol. The lowest BCUT2D eigenvalue weighted by Gasteiger charge is -2.19. The van der Waals surface area contributed by atoms with Crippen LogP contribution in [0.5, 0.6) is 0 Å². The smallest absolute Gasteiger partial charge is 0.200 e. The van der Waals surface area contributed by atoms with Gasteiger partial charge in [-0.25, -0.2) is 0 Å². The van der Waals surface area contributed by atoms with Crippen LogP contribution in [0.25, 0.3) is 0 Å². The molecule has 1 heterocycles. The predicted molar refractivity (Wildman–Crippen MR) is 92.3 cm³/mol. The van der Waals surface area contributed by atoms with Gasteiger partial charge in [0, 0.05) is 6.42 Å². The number of benzene rings is 2. The van der Waals surface area contributed by atoms with Crippen molar-refractivity contribution in [3.63, 3.8) is 0 Å². The number of nitrogens with zero attached hydrogens (tertiary/aromatic N) is 2. The maximum atomic E-state index is 12.8. The quantitative estimate of drug-likeness (QED) is 0.799. The highest BCUT2D eigenvalue weighted by Gasteiger charge is 2.35. The molecular formula is C18H17F3N2O2S. The zero-order chi connectivity index (χ0) is 19.1. The number of halogens is 3. The van der Waals surface area contributed by atoms with Crippen LogP contribution in [0.3, 0.4) is 0 Å². The molecule has 1 unspecified atom stereocenters. The van der Waals surface area contributed by atoms with Gasteiger partial charge >= 0.3 is 6.18 Å². The van der Waals surface area contributed by atoms with Crippen LogP contribution in [0, 0.1) is 6.92 Å². The Bertz CT molecular complexity index is 934. The van der Waals surface area contributed by atoms with Crippen molar-refractivity contribution in [3.8, 4) is 0 Å². The molecule has 0 fully saturated rings. The first-order valence-corrected chi connectivity index (χ1v) is 9.39. The molecule has 1 atom stereocenters. The second-order valence-corrected chi connectivity index (χ2v) is 8.06. The zero-order valence-corrected chi connectivity index (χ0v) is 15.0. The molecule has 0 N–H and O–H groups in total. The van der Waals surface area contributed by atoms with Crippen LogP contribution in [-0.4, -0.2) is 24.6 Å². The van der Waals surface area contributed by atoms with Crippen molar-refractivity contribution >= 4 is 15.7 Å². The molecule has 26 heavy (non-hydrogen) atoms. The van der Waals surface area contributed by atoms with E-state index < -0.39 is 27.8 Å². The third kappa shape index (κ3) is 3.46. The van der Waals surface area contributed by atoms with E-state index in [-0.39, 0.29) is 4.90 Å². The molecule has 2 aromatic carbocycles. The van der Waals surface area contributed by atoms with Gasteiger partial charge in [0.2, 0.25) is 0 Å². The number of sulfonamides is 1. The Morgan fingerprint density at radius 1 is 1.04 bits per heavy atom. The van der Waals surface area contributed by atoms with Gasteiger partial charge < -0.3 is 0 Å². The van der Waals surface area contributed by atoms with E-state index in [4.69, 9.17) is 0 Å². The van der Waals surface area contributed by atoms with E-state index in [2.05, 4.69) is 5.10 Å². The van der Waals surface area contributed by atoms with Crippen molar-refractivity contribution in [3.05, 3.63) is 65.2 Å². The normalized spacial score (nSPS) is 18.1. The van der Waals surface area contributed by atoms with Crippen molar-refractivity contribution in [2.24, 2.45) is 5.10 Å². The van der Waals surface area contributed by atoms with Gasteiger partial charge in [0.05, 0.1) is 22.2 Å². The molecule has 0 amide bonds. The minimum absolute atomic E-state index is 0.132. The summed E-state index contributed by atoms with van der Waals surface area (Å²) >= 11 is 0. The van der Waals surface area contributed by atoms with Crippen LogP contribution in [0.4, 0.5) is 13.2 Å². The zero-order valence-electron chi connectivity index (χ0n) is 14.2. The van der Waals surface area contributed by atoms with Crippen LogP contribution in [0.1, 0.15) is 30.0 Å². The van der Waals surface area contributed by atoms with E-state index in [0.29, 0.717) is 17.7 Å². The molecule has 0 saturated carbocycles. The van der Waals surface area contributed by atoms with E-state index in [9.17, 15) is 21.6 Å². The van der Waals surface area contributed by atoms with Gasteiger partial charge in [-0.3, -0.25) is 0 Å². The molecule has 1 aliphatic heterocycles. The largest absolute Gasteiger partial charge is 0.416 e. The summed E-state index contributed by atoms with van der Waals surface area (Å²) in [4.78, 5) is 0.132. The summed E-state index contributed by atoms with van der Waals surface area (Å²) in [6.07, 6.45) is -4.08. The van der Waals surface area contributed by atoms with Crippen LogP contribution in [0.15, 0.2) is 58.5 Å². The Balaban J connectivity index is 1.91. The number of rotatable bonds is 3. The summed E-state index contributed by atoms with van der Waals surface area (Å²) in [7, 11) is -3.81. The molecule has 138 valence electrons. The fourth-order valence-corrected chi connectivity index (χ4v) is 4.20. The molecule has 4 nitrogen and oxygen atoms in total. The van der Waals surface area contributed by atoms with Crippen molar-refractivity contribution < 1.29 is 21.6 Å². The Labute approximate surface area is 150 Å². The van der Waals surface area contributed by atoms with E-state index in [1.165, 1.54) is 24.3 Å². The van der Waals surface area contributed by atoms with Crippen molar-refractivity contribution in [2.75, 3.05) is 0 Å². The van der Waals surface area contributed by atoms with Gasteiger partial charge in [-0.15, -0.1) is 0 Å². The third-order valence-electron chi connectivity index (χ3n) is 4.20. The summed E-state index contributed by atoms with van der Waals surface area (Å²) in [5, 5.41) is 4.18. The third-order valence-corrected chi connectivity index (χ3v) is 6.00. The van der Waals surface area contributed by atoms with Crippen LogP contribution >= 0.6 is 0 Å². The Morgan fingerprint density at radius 2 is 1.62 bits per heavy atom. The molecule has 0 radical (unpaired) electrons. The molecule has 8 heteroatoms. The lowest BCUT2D eigenvalue weighted by Crippen LogP contribution is -2.30. The summed E-state index contributed by atoms with van der Waals surface area (Å²) in [5.74, 6) is 0. The van der Waals surface area contributed by atoms with Crippen LogP contribution in [0.2, 0.25) is 0 Å². The number of aryl methyl sites for hydroxylation is 1. The number of hydrogen-bond donors (Lipinski definition) is 0. The highest BCUT2D eigenvalue weighted by molar-refractivity contribution is 7.89. The minimum atomic E-state index is -4.41. The van der Waals surface area contributed by atoms with Crippen LogP contribution < -0.4 is 0 Å². The SMILES string of the molecule is Cc1ccc(S(=O)(=O)N2N=C(c3ccc(C(F)(F)F)cc3)CC2C)cc1. The Kier molecular flexibility index (Phi) is 4.56. The second-order valence-electron chi connectivity index (χ2n) is 6.27. The molecule has 2 aromatic rings. The summed E-state index contributed by atoms with van der Waals surface area (Å²) < 4.78 is 64.6. The highest BCUT2D eigenvalue weighted by Crippen LogP contribution is 2.31. The lowest BCUT2D eigenvalue weighted by molar-refractivity contribution is -0.137. The van der Waals surface area contributed by atoms with Crippen molar-refractivity contribution in [2.45, 2.75) is 37.4 Å². The van der Waals surface area contributed by atoms with Gasteiger partial charge in [-0.05, 0) is 43.7 Å². The van der Waals surface area contributed by atoms with Gasteiger partial charge in [-0.2, -0.15) is 31.1 Å². The molecule has 0 aliphatic carbocycles. The van der Waals surface area contributed by atoms with E-state index in [0.717, 1.165) is 22.1 Å². The van der Waals surface area contributed by atoms with Gasteiger partial charge in [0.1, 0.15) is 0 Å². The first kappa shape index (κ1) is 18.4. The fraction of sp³-hybridized carbons (Fsp3) is 0.278. The Morgan fingerprint density at radius 3 is 2.15 bits per heavy atom. The molecule has 3 rings (SSSR count). The average molecular weight is 382 g/mol. The maximum Gasteiger partial charge on any atom is 0.416 e. The molecule has 1 aliphatic rings. The summed E-state index contributed by atoms with van der Waals surface area (Å²) in [5.41, 5.74) is 1.11. The first-order chi connectivity index (χ1) is 12.1. The molecule has 0 spiro atoms. The van der Waals surface area contributed by atoms with Crippen molar-refractivity contribution in [1.82, 2.24) is 4.41 Å². The fourth-order valence-electron chi connectivity index (χ4n) is 2.75. The second kappa shape index (κ2) is 6.42. The highest BCUT2D eigenvalue weighted by atomic mass is 32.2. The molecule has 0 bridgehead atoms. The van der Waals surface area contributed by atoms with Crippen molar-refractivity contribution in [1.29, 1.82) is 0 Å². The molecule has 0 saturated heterocycles. The van der Waals surface area contributed by atoms with E-state index in [1.54, 1.807) is 19.1 Å². The standard InChI is InChI=1S/C18H17F3N2O2S/c1-12-3-9-16(10-4-12)26(24,25)23-13(2)11-17(22-23)14-5-7-15(8-6-14)18(19,20)21/h3-10,13H,11H2,1-2H3. The minimum Gasteiger partial charge on any atom is -0.200 e. The molecular weight excluding hydrogens is 365 g/mol. The van der Waals surface area contributed by atoms with Gasteiger partial charge in [0.15, 0.2) is 0 Å². The number of hydrazone groups is 1. The maximum absolute atomic E-state index is 12.8. The summed E-state index contributed by atoms with van der Waals surface area (Å²) in [6.45, 7) is 3.57. The predicted octanol–water partition coefficient (Wildman–Crippen LogP) is 4.20. The number of alkyl halides is 3. The van der Waals surface area contributed by atoms with E-state index in [1.807, 2.05) is 6.92 Å². The molecule has 0 aromatic heterocycles. The number of hydrogen-bond acceptors (Lipinski definition) is 3. The topological polar surface area (TPSA) is 49.7 Å². The van der Waals surface area contributed by atoms with Gasteiger partial charge in [0.25, 0.3) is 10.0 Å². The lowest BCUT2D eigenvalue weighted by atomic mass is 10.0. The van der Waals surface area contributed by atoms with Crippen LogP contribution in [-0.2, 0) is 16.2 Å². The Hall–Kier alpha value is -2.35. The van der Waals surface area contributed by atoms with Gasteiger partial charge in [-0.1, -0.05) is 29.8 Å².